The molecular weight excluding hydrogens is 414 g/mol. The zero-order valence-corrected chi connectivity index (χ0v) is 17.8. The van der Waals surface area contributed by atoms with Crippen molar-refractivity contribution in [2.45, 2.75) is 45.1 Å². The van der Waals surface area contributed by atoms with Crippen LogP contribution in [0.5, 0.6) is 11.5 Å². The van der Waals surface area contributed by atoms with Gasteiger partial charge in [0.1, 0.15) is 17.0 Å². The number of benzene rings is 1. The predicted octanol–water partition coefficient (Wildman–Crippen LogP) is 2.99. The summed E-state index contributed by atoms with van der Waals surface area (Å²) >= 11 is 0. The van der Waals surface area contributed by atoms with Crippen molar-refractivity contribution < 1.29 is 34.8 Å². The molecule has 1 amide bonds. The summed E-state index contributed by atoms with van der Waals surface area (Å²) in [5.41, 5.74) is -1.15. The van der Waals surface area contributed by atoms with E-state index in [2.05, 4.69) is 11.9 Å². The van der Waals surface area contributed by atoms with Crippen molar-refractivity contribution in [3.05, 3.63) is 42.0 Å². The third-order valence-electron chi connectivity index (χ3n) is 7.71. The lowest BCUT2D eigenvalue weighted by Crippen LogP contribution is -2.61. The summed E-state index contributed by atoms with van der Waals surface area (Å²) in [7, 11) is 0. The van der Waals surface area contributed by atoms with Gasteiger partial charge in [0.25, 0.3) is 0 Å². The van der Waals surface area contributed by atoms with E-state index in [4.69, 9.17) is 5.11 Å². The number of ketones is 1. The lowest BCUT2D eigenvalue weighted by Gasteiger charge is -2.61. The molecule has 3 saturated carbocycles. The number of anilines is 1. The molecule has 0 radical (unpaired) electrons. The number of nitrogens with one attached hydrogen (secondary N) is 1. The number of carbonyl (C=O) groups excluding carboxylic acids is 2. The first-order chi connectivity index (χ1) is 15.0. The molecule has 1 spiro atoms. The van der Waals surface area contributed by atoms with E-state index in [1.54, 1.807) is 13.0 Å². The fraction of sp³-hybridized carbons (Fsp3) is 0.458. The van der Waals surface area contributed by atoms with Gasteiger partial charge in [-0.1, -0.05) is 25.2 Å². The number of allylic oxidation sites excluding steroid dienone is 2. The molecule has 1 aromatic carbocycles. The van der Waals surface area contributed by atoms with Crippen LogP contribution in [0.25, 0.3) is 0 Å². The van der Waals surface area contributed by atoms with Crippen molar-refractivity contribution in [2.75, 3.05) is 5.32 Å². The Morgan fingerprint density at radius 3 is 2.66 bits per heavy atom. The average molecular weight is 441 g/mol. The Bertz CT molecular complexity index is 1060. The van der Waals surface area contributed by atoms with E-state index in [0.29, 0.717) is 6.42 Å². The van der Waals surface area contributed by atoms with Gasteiger partial charge in [0.2, 0.25) is 5.91 Å². The molecule has 170 valence electrons. The van der Waals surface area contributed by atoms with Crippen molar-refractivity contribution in [2.24, 2.45) is 22.7 Å². The number of aromatic hydroxyl groups is 2. The van der Waals surface area contributed by atoms with Crippen LogP contribution >= 0.6 is 0 Å². The maximum Gasteiger partial charge on any atom is 0.339 e. The summed E-state index contributed by atoms with van der Waals surface area (Å²) in [6.45, 7) is 5.91. The number of aliphatic hydroxyl groups is 1. The van der Waals surface area contributed by atoms with Crippen LogP contribution in [0.3, 0.4) is 0 Å². The van der Waals surface area contributed by atoms with Crippen LogP contribution in [-0.4, -0.2) is 44.2 Å². The molecule has 0 unspecified atom stereocenters. The molecule has 4 aliphatic carbocycles. The van der Waals surface area contributed by atoms with Crippen LogP contribution in [-0.2, 0) is 9.59 Å². The maximum absolute atomic E-state index is 13.0. The standard InChI is InChI=1S/C24H27NO7/c1-12-11-24-9-5-13(12)20(30)21(24)23(2,16(27)6-10-24)8-7-17(28)25-18-15(26)4-3-14(19(18)29)22(31)32/h3-4,6,10,13,20-21,26,29-30H,1,5,7-9,11H2,2H3,(H,25,28)(H,31,32)/t13-,20+,21+,23-,24-/m1/s1. The van der Waals surface area contributed by atoms with Crippen molar-refractivity contribution >= 4 is 23.3 Å². The van der Waals surface area contributed by atoms with Gasteiger partial charge in [-0.05, 0) is 49.3 Å². The van der Waals surface area contributed by atoms with Crippen LogP contribution < -0.4 is 5.32 Å². The van der Waals surface area contributed by atoms with Gasteiger partial charge in [0, 0.05) is 23.7 Å². The summed E-state index contributed by atoms with van der Waals surface area (Å²) in [6, 6.07) is 2.10. The van der Waals surface area contributed by atoms with Crippen LogP contribution in [0.4, 0.5) is 5.69 Å². The smallest absolute Gasteiger partial charge is 0.339 e. The van der Waals surface area contributed by atoms with Crippen LogP contribution in [0, 0.1) is 22.7 Å². The minimum Gasteiger partial charge on any atom is -0.506 e. The summed E-state index contributed by atoms with van der Waals surface area (Å²) in [4.78, 5) is 36.8. The number of phenolic OH excluding ortho intramolecular Hbond substituents is 1. The number of carbonyl (C=O) groups is 3. The zero-order chi connectivity index (χ0) is 23.4. The zero-order valence-electron chi connectivity index (χ0n) is 17.8. The number of hydrogen-bond donors (Lipinski definition) is 5. The van der Waals surface area contributed by atoms with Gasteiger partial charge >= 0.3 is 5.97 Å². The number of fused-ring (bicyclic) bond motifs is 2. The molecular formula is C24H27NO7. The second-order valence-corrected chi connectivity index (χ2v) is 9.51. The summed E-state index contributed by atoms with van der Waals surface area (Å²) in [6.07, 6.45) is 5.20. The molecule has 4 aliphatic rings. The van der Waals surface area contributed by atoms with E-state index in [1.807, 2.05) is 6.08 Å². The number of aliphatic hydroxyl groups excluding tert-OH is 1. The Morgan fingerprint density at radius 1 is 1.28 bits per heavy atom. The van der Waals surface area contributed by atoms with Crippen LogP contribution in [0.2, 0.25) is 0 Å². The molecule has 0 saturated heterocycles. The highest BCUT2D eigenvalue weighted by molar-refractivity contribution is 6.00. The summed E-state index contributed by atoms with van der Waals surface area (Å²) in [5, 5.41) is 42.7. The van der Waals surface area contributed by atoms with Gasteiger partial charge in [-0.2, -0.15) is 0 Å². The largest absolute Gasteiger partial charge is 0.506 e. The quantitative estimate of drug-likeness (QED) is 0.349. The molecule has 8 heteroatoms. The first-order valence-corrected chi connectivity index (χ1v) is 10.7. The SMILES string of the molecule is C=C1C[C@@]23C=CC(=O)[C@@](C)(CCC(=O)Nc4c(O)ccc(C(=O)O)c4O)[C@@H]2[C@@H](O)[C@@H]1CC3. The summed E-state index contributed by atoms with van der Waals surface area (Å²) in [5.74, 6) is -3.73. The molecule has 5 N–H and O–H groups in total. The molecule has 8 nitrogen and oxygen atoms in total. The second-order valence-electron chi connectivity index (χ2n) is 9.51. The number of rotatable bonds is 5. The number of amides is 1. The van der Waals surface area contributed by atoms with Gasteiger partial charge in [-0.15, -0.1) is 0 Å². The Morgan fingerprint density at radius 2 is 2.00 bits per heavy atom. The minimum atomic E-state index is -1.40. The third kappa shape index (κ3) is 3.21. The number of carboxylic acid groups (broad SMARTS) is 1. The first kappa shape index (κ1) is 22.1. The topological polar surface area (TPSA) is 144 Å². The van der Waals surface area contributed by atoms with Gasteiger partial charge in [0.05, 0.1) is 6.10 Å². The van der Waals surface area contributed by atoms with Crippen LogP contribution in [0.15, 0.2) is 36.4 Å². The number of aromatic carboxylic acids is 1. The third-order valence-corrected chi connectivity index (χ3v) is 7.71. The number of carboxylic acids is 1. The van der Waals surface area contributed by atoms with Crippen molar-refractivity contribution in [3.8, 4) is 11.5 Å². The molecule has 0 heterocycles. The Labute approximate surface area is 185 Å². The molecule has 1 aromatic rings. The van der Waals surface area contributed by atoms with Crippen molar-refractivity contribution in [3.63, 3.8) is 0 Å². The first-order valence-electron chi connectivity index (χ1n) is 10.7. The Balaban J connectivity index is 1.55. The van der Waals surface area contributed by atoms with E-state index in [-0.39, 0.29) is 41.6 Å². The van der Waals surface area contributed by atoms with Crippen LogP contribution in [0.1, 0.15) is 49.4 Å². The Hall–Kier alpha value is -3.13. The molecule has 0 aliphatic heterocycles. The van der Waals surface area contributed by atoms with E-state index in [1.165, 1.54) is 0 Å². The fourth-order valence-electron chi connectivity index (χ4n) is 6.09. The van der Waals surface area contributed by atoms with E-state index in [0.717, 1.165) is 30.5 Å². The normalized spacial score (nSPS) is 33.1. The number of phenols is 2. The molecule has 3 fully saturated rings. The molecule has 32 heavy (non-hydrogen) atoms. The highest BCUT2D eigenvalue weighted by Gasteiger charge is 2.62. The van der Waals surface area contributed by atoms with Gasteiger partial charge in [-0.3, -0.25) is 9.59 Å². The van der Waals surface area contributed by atoms with Crippen molar-refractivity contribution in [1.29, 1.82) is 0 Å². The highest BCUT2D eigenvalue weighted by atomic mass is 16.4. The average Bonchev–Trinajstić information content (AvgIpc) is 2.72. The second kappa shape index (κ2) is 7.48. The predicted molar refractivity (Wildman–Crippen MR) is 115 cm³/mol. The molecule has 0 aromatic heterocycles. The maximum atomic E-state index is 13.0. The molecule has 5 atom stereocenters. The Kier molecular flexibility index (Phi) is 5.16. The van der Waals surface area contributed by atoms with Gasteiger partial charge < -0.3 is 25.7 Å². The lowest BCUT2D eigenvalue weighted by atomic mass is 9.43. The van der Waals surface area contributed by atoms with Gasteiger partial charge in [0.15, 0.2) is 11.5 Å². The lowest BCUT2D eigenvalue weighted by molar-refractivity contribution is -0.154. The minimum absolute atomic E-state index is 0.0537. The molecule has 5 rings (SSSR count). The molecule has 2 bridgehead atoms. The van der Waals surface area contributed by atoms with E-state index < -0.39 is 40.5 Å². The monoisotopic (exact) mass is 441 g/mol. The summed E-state index contributed by atoms with van der Waals surface area (Å²) < 4.78 is 0. The number of hydrogen-bond acceptors (Lipinski definition) is 6. The van der Waals surface area contributed by atoms with Gasteiger partial charge in [-0.25, -0.2) is 4.79 Å². The fourth-order valence-corrected chi connectivity index (χ4v) is 6.09. The van der Waals surface area contributed by atoms with E-state index >= 15 is 0 Å². The van der Waals surface area contributed by atoms with E-state index in [9.17, 15) is 29.7 Å². The highest BCUT2D eigenvalue weighted by Crippen LogP contribution is 2.64. The van der Waals surface area contributed by atoms with Crippen molar-refractivity contribution in [1.82, 2.24) is 0 Å².